The molecule has 6 nitrogen and oxygen atoms in total. The van der Waals surface area contributed by atoms with Gasteiger partial charge in [0, 0.05) is 28.9 Å². The molecule has 0 spiro atoms. The number of fused-ring (bicyclic) bond motifs is 1. The van der Waals surface area contributed by atoms with E-state index < -0.39 is 22.8 Å². The second kappa shape index (κ2) is 5.96. The molecule has 2 atom stereocenters. The van der Waals surface area contributed by atoms with Gasteiger partial charge in [0.2, 0.25) is 0 Å². The summed E-state index contributed by atoms with van der Waals surface area (Å²) < 4.78 is 50.0. The zero-order chi connectivity index (χ0) is 15.6. The van der Waals surface area contributed by atoms with Crippen molar-refractivity contribution < 1.29 is 17.4 Å². The van der Waals surface area contributed by atoms with Gasteiger partial charge < -0.3 is 5.32 Å². The molecular weight excluding hydrogens is 307 g/mol. The summed E-state index contributed by atoms with van der Waals surface area (Å²) in [5, 5.41) is 13.2. The molecule has 0 radical (unpaired) electrons. The van der Waals surface area contributed by atoms with Gasteiger partial charge in [0.15, 0.2) is 5.65 Å². The van der Waals surface area contributed by atoms with Crippen LogP contribution in [0.4, 0.5) is 19.0 Å². The number of halogens is 3. The molecule has 10 heteroatoms. The number of rotatable bonds is 5. The lowest BCUT2D eigenvalue weighted by Crippen LogP contribution is -2.16. The molecule has 0 aliphatic carbocycles. The molecule has 2 aromatic rings. The van der Waals surface area contributed by atoms with Gasteiger partial charge in [-0.3, -0.25) is 4.21 Å². The van der Waals surface area contributed by atoms with Crippen molar-refractivity contribution in [1.29, 1.82) is 0 Å². The third kappa shape index (κ3) is 3.69. The fourth-order valence-electron chi connectivity index (χ4n) is 1.63. The number of hydrogen-bond acceptors (Lipinski definition) is 5. The molecule has 0 amide bonds. The molecule has 2 heterocycles. The number of alkyl halides is 3. The number of anilines is 1. The van der Waals surface area contributed by atoms with Crippen molar-refractivity contribution in [2.24, 2.45) is 0 Å². The number of aromatic nitrogens is 4. The van der Waals surface area contributed by atoms with Crippen LogP contribution in [-0.4, -0.2) is 42.1 Å². The topological polar surface area (TPSA) is 72.2 Å². The first-order valence-electron chi connectivity index (χ1n) is 6.15. The Morgan fingerprint density at radius 3 is 2.71 bits per heavy atom. The summed E-state index contributed by atoms with van der Waals surface area (Å²) in [6, 6.07) is 2.93. The summed E-state index contributed by atoms with van der Waals surface area (Å²) >= 11 is 0. The highest BCUT2D eigenvalue weighted by molar-refractivity contribution is 7.84. The Morgan fingerprint density at radius 1 is 1.38 bits per heavy atom. The van der Waals surface area contributed by atoms with Gasteiger partial charge in [0.05, 0.1) is 0 Å². The molecule has 21 heavy (non-hydrogen) atoms. The van der Waals surface area contributed by atoms with E-state index in [0.717, 1.165) is 0 Å². The van der Waals surface area contributed by atoms with Crippen molar-refractivity contribution >= 4 is 22.3 Å². The van der Waals surface area contributed by atoms with Crippen LogP contribution >= 0.6 is 0 Å². The zero-order valence-corrected chi connectivity index (χ0v) is 12.2. The van der Waals surface area contributed by atoms with Gasteiger partial charge in [0.25, 0.3) is 5.82 Å². The third-order valence-electron chi connectivity index (χ3n) is 2.94. The van der Waals surface area contributed by atoms with Crippen LogP contribution in [0.25, 0.3) is 5.65 Å². The van der Waals surface area contributed by atoms with Gasteiger partial charge in [0.1, 0.15) is 5.82 Å². The first-order valence-corrected chi connectivity index (χ1v) is 7.77. The lowest BCUT2D eigenvalue weighted by atomic mass is 10.3. The molecule has 2 rings (SSSR count). The number of hydrogen-bond donors (Lipinski definition) is 1. The summed E-state index contributed by atoms with van der Waals surface area (Å²) in [5.74, 6) is -0.883. The molecule has 0 aliphatic heterocycles. The fraction of sp³-hybridized carbons (Fsp3) is 0.545. The fourth-order valence-corrected chi connectivity index (χ4v) is 2.08. The average Bonchev–Trinajstić information content (AvgIpc) is 2.81. The van der Waals surface area contributed by atoms with Crippen LogP contribution in [0.1, 0.15) is 19.2 Å². The minimum Gasteiger partial charge on any atom is -0.369 e. The molecule has 2 aromatic heterocycles. The Hall–Kier alpha value is -1.71. The minimum absolute atomic E-state index is 0.00174. The SMILES string of the molecule is CC(CCNc1ccc2nnc(C(F)(F)F)n2n1)S(C)=O. The van der Waals surface area contributed by atoms with Gasteiger partial charge in [-0.1, -0.05) is 6.92 Å². The van der Waals surface area contributed by atoms with E-state index in [2.05, 4.69) is 20.6 Å². The van der Waals surface area contributed by atoms with Crippen molar-refractivity contribution in [3.05, 3.63) is 18.0 Å². The highest BCUT2D eigenvalue weighted by Gasteiger charge is 2.37. The highest BCUT2D eigenvalue weighted by Crippen LogP contribution is 2.27. The summed E-state index contributed by atoms with van der Waals surface area (Å²) in [7, 11) is -0.934. The highest BCUT2D eigenvalue weighted by atomic mass is 32.2. The summed E-state index contributed by atoms with van der Waals surface area (Å²) in [6.07, 6.45) is -2.38. The maximum absolute atomic E-state index is 12.7. The first-order chi connectivity index (χ1) is 9.79. The summed E-state index contributed by atoms with van der Waals surface area (Å²) in [5.41, 5.74) is 0.0240. The number of nitrogens with zero attached hydrogens (tertiary/aromatic N) is 4. The molecule has 0 saturated carbocycles. The van der Waals surface area contributed by atoms with Gasteiger partial charge in [-0.15, -0.1) is 15.3 Å². The largest absolute Gasteiger partial charge is 0.453 e. The number of nitrogens with one attached hydrogen (secondary N) is 1. The molecule has 1 N–H and O–H groups in total. The van der Waals surface area contributed by atoms with Crippen LogP contribution in [0.3, 0.4) is 0 Å². The maximum atomic E-state index is 12.7. The van der Waals surface area contributed by atoms with E-state index in [-0.39, 0.29) is 16.7 Å². The Kier molecular flexibility index (Phi) is 4.45. The Bertz CT molecular complexity index is 657. The normalized spacial score (nSPS) is 15.1. The molecule has 0 bridgehead atoms. The van der Waals surface area contributed by atoms with Crippen LogP contribution in [-0.2, 0) is 17.0 Å². The predicted octanol–water partition coefficient (Wildman–Crippen LogP) is 1.71. The summed E-state index contributed by atoms with van der Waals surface area (Å²) in [6.45, 7) is 2.30. The lowest BCUT2D eigenvalue weighted by Gasteiger charge is -2.10. The third-order valence-corrected chi connectivity index (χ3v) is 4.31. The average molecular weight is 321 g/mol. The Morgan fingerprint density at radius 2 is 2.10 bits per heavy atom. The molecule has 0 saturated heterocycles. The quantitative estimate of drug-likeness (QED) is 0.908. The van der Waals surface area contributed by atoms with Crippen LogP contribution < -0.4 is 5.32 Å². The van der Waals surface area contributed by atoms with E-state index in [4.69, 9.17) is 0 Å². The molecule has 116 valence electrons. The lowest BCUT2D eigenvalue weighted by molar-refractivity contribution is -0.146. The van der Waals surface area contributed by atoms with Crippen molar-refractivity contribution in [3.8, 4) is 0 Å². The maximum Gasteiger partial charge on any atom is 0.453 e. The van der Waals surface area contributed by atoms with Gasteiger partial charge in [-0.25, -0.2) is 0 Å². The van der Waals surface area contributed by atoms with E-state index in [1.54, 1.807) is 6.26 Å². The van der Waals surface area contributed by atoms with Crippen LogP contribution in [0.15, 0.2) is 12.1 Å². The second-order valence-electron chi connectivity index (χ2n) is 4.53. The second-order valence-corrected chi connectivity index (χ2v) is 6.34. The van der Waals surface area contributed by atoms with E-state index in [0.29, 0.717) is 17.5 Å². The van der Waals surface area contributed by atoms with Crippen LogP contribution in [0, 0.1) is 0 Å². The molecule has 0 aromatic carbocycles. The molecule has 0 aliphatic rings. The Balaban J connectivity index is 2.13. The van der Waals surface area contributed by atoms with Crippen LogP contribution in [0.2, 0.25) is 0 Å². The molecule has 2 unspecified atom stereocenters. The van der Waals surface area contributed by atoms with Crippen molar-refractivity contribution in [2.45, 2.75) is 24.8 Å². The summed E-state index contributed by atoms with van der Waals surface area (Å²) in [4.78, 5) is 0. The van der Waals surface area contributed by atoms with Crippen molar-refractivity contribution in [1.82, 2.24) is 19.8 Å². The monoisotopic (exact) mass is 321 g/mol. The van der Waals surface area contributed by atoms with E-state index in [1.807, 2.05) is 6.92 Å². The first kappa shape index (κ1) is 15.7. The standard InChI is InChI=1S/C11H14F3N5OS/c1-7(21(2)20)5-6-15-8-3-4-9-16-17-10(11(12,13)14)19(9)18-8/h3-4,7H,5-6H2,1-2H3,(H,15,18). The van der Waals surface area contributed by atoms with Crippen molar-refractivity contribution in [2.75, 3.05) is 18.1 Å². The predicted molar refractivity (Wildman–Crippen MR) is 72.4 cm³/mol. The van der Waals surface area contributed by atoms with Gasteiger partial charge >= 0.3 is 6.18 Å². The van der Waals surface area contributed by atoms with Gasteiger partial charge in [-0.2, -0.15) is 17.7 Å². The van der Waals surface area contributed by atoms with Crippen molar-refractivity contribution in [3.63, 3.8) is 0 Å². The smallest absolute Gasteiger partial charge is 0.369 e. The van der Waals surface area contributed by atoms with Crippen LogP contribution in [0.5, 0.6) is 0 Å². The minimum atomic E-state index is -4.61. The molecule has 0 fully saturated rings. The molecular formula is C11H14F3N5OS. The van der Waals surface area contributed by atoms with E-state index in [1.165, 1.54) is 12.1 Å². The Labute approximate surface area is 121 Å². The van der Waals surface area contributed by atoms with Gasteiger partial charge in [-0.05, 0) is 18.6 Å². The van der Waals surface area contributed by atoms with E-state index in [9.17, 15) is 17.4 Å². The zero-order valence-electron chi connectivity index (χ0n) is 11.4. The van der Waals surface area contributed by atoms with E-state index >= 15 is 0 Å².